The van der Waals surface area contributed by atoms with E-state index in [0.717, 1.165) is 5.56 Å². The minimum atomic E-state index is -0.932. The Morgan fingerprint density at radius 1 is 1.48 bits per heavy atom. The van der Waals surface area contributed by atoms with Crippen LogP contribution in [0.15, 0.2) is 24.3 Å². The summed E-state index contributed by atoms with van der Waals surface area (Å²) in [4.78, 5) is 11.5. The van der Waals surface area contributed by atoms with Gasteiger partial charge in [-0.2, -0.15) is 5.10 Å². The maximum absolute atomic E-state index is 13.2. The molecule has 6 heteroatoms. The van der Waals surface area contributed by atoms with Crippen LogP contribution < -0.4 is 0 Å². The van der Waals surface area contributed by atoms with Gasteiger partial charge in [-0.15, -0.1) is 0 Å². The summed E-state index contributed by atoms with van der Waals surface area (Å²) in [6, 6.07) is 5.98. The van der Waals surface area contributed by atoms with Crippen molar-refractivity contribution in [1.29, 1.82) is 0 Å². The van der Waals surface area contributed by atoms with Crippen molar-refractivity contribution >= 4 is 17.6 Å². The number of carboxylic acids is 1. The molecule has 0 aliphatic heterocycles. The predicted octanol–water partition coefficient (Wildman–Crippen LogP) is 3.01. The lowest BCUT2D eigenvalue weighted by Crippen LogP contribution is -2.19. The van der Waals surface area contributed by atoms with Gasteiger partial charge in [0, 0.05) is 12.6 Å². The number of aryl methyl sites for hydroxylation is 2. The molecule has 21 heavy (non-hydrogen) atoms. The molecule has 1 atom stereocenters. The van der Waals surface area contributed by atoms with Crippen LogP contribution in [-0.4, -0.2) is 20.9 Å². The molecule has 0 bridgehead atoms. The SMILES string of the molecule is Cc1nn(C)c(Cl)c1CC(Cc1cccc(F)c1)C(=O)O. The van der Waals surface area contributed by atoms with Crippen molar-refractivity contribution in [2.24, 2.45) is 13.0 Å². The maximum atomic E-state index is 13.2. The molecule has 0 spiro atoms. The number of hydrogen-bond acceptors (Lipinski definition) is 2. The molecule has 0 aliphatic rings. The molecule has 0 saturated carbocycles. The van der Waals surface area contributed by atoms with E-state index in [9.17, 15) is 14.3 Å². The van der Waals surface area contributed by atoms with E-state index >= 15 is 0 Å². The Hall–Kier alpha value is -1.88. The molecule has 0 saturated heterocycles. The zero-order valence-electron chi connectivity index (χ0n) is 11.8. The minimum absolute atomic E-state index is 0.248. The molecule has 0 amide bonds. The van der Waals surface area contributed by atoms with Crippen molar-refractivity contribution in [2.45, 2.75) is 19.8 Å². The number of halogens is 2. The number of carboxylic acid groups (broad SMARTS) is 1. The summed E-state index contributed by atoms with van der Waals surface area (Å²) in [6.07, 6.45) is 0.516. The molecule has 4 nitrogen and oxygen atoms in total. The number of nitrogens with zero attached hydrogens (tertiary/aromatic N) is 2. The molecule has 1 aromatic carbocycles. The molecular weight excluding hydrogens is 295 g/mol. The van der Waals surface area contributed by atoms with Gasteiger partial charge in [-0.25, -0.2) is 4.39 Å². The van der Waals surface area contributed by atoms with Crippen LogP contribution in [-0.2, 0) is 24.7 Å². The number of aromatic nitrogens is 2. The highest BCUT2D eigenvalue weighted by atomic mass is 35.5. The summed E-state index contributed by atoms with van der Waals surface area (Å²) in [5, 5.41) is 14.0. The third-order valence-corrected chi connectivity index (χ3v) is 3.91. The van der Waals surface area contributed by atoms with Gasteiger partial charge in [0.05, 0.1) is 11.6 Å². The summed E-state index contributed by atoms with van der Waals surface area (Å²) in [6.45, 7) is 1.79. The summed E-state index contributed by atoms with van der Waals surface area (Å²) in [5.41, 5.74) is 2.09. The summed E-state index contributed by atoms with van der Waals surface area (Å²) < 4.78 is 14.7. The average molecular weight is 311 g/mol. The number of rotatable bonds is 5. The zero-order chi connectivity index (χ0) is 15.6. The quantitative estimate of drug-likeness (QED) is 0.923. The van der Waals surface area contributed by atoms with Crippen LogP contribution in [0.3, 0.4) is 0 Å². The fraction of sp³-hybridized carbons (Fsp3) is 0.333. The molecule has 2 aromatic rings. The number of carbonyl (C=O) groups is 1. The van der Waals surface area contributed by atoms with E-state index in [4.69, 9.17) is 11.6 Å². The first-order valence-electron chi connectivity index (χ1n) is 6.53. The van der Waals surface area contributed by atoms with E-state index in [1.807, 2.05) is 0 Å². The number of benzene rings is 1. The zero-order valence-corrected chi connectivity index (χ0v) is 12.6. The maximum Gasteiger partial charge on any atom is 0.307 e. The van der Waals surface area contributed by atoms with E-state index in [0.29, 0.717) is 16.4 Å². The molecule has 2 rings (SSSR count). The molecule has 0 fully saturated rings. The topological polar surface area (TPSA) is 55.1 Å². The lowest BCUT2D eigenvalue weighted by molar-refractivity contribution is -0.141. The van der Waals surface area contributed by atoms with E-state index < -0.39 is 11.9 Å². The summed E-state index contributed by atoms with van der Waals surface area (Å²) in [5.74, 6) is -1.97. The Morgan fingerprint density at radius 2 is 2.19 bits per heavy atom. The Kier molecular flexibility index (Phi) is 4.63. The van der Waals surface area contributed by atoms with Gasteiger partial charge in [-0.1, -0.05) is 23.7 Å². The molecule has 0 aliphatic carbocycles. The number of hydrogen-bond donors (Lipinski definition) is 1. The molecule has 1 heterocycles. The highest BCUT2D eigenvalue weighted by Gasteiger charge is 2.23. The second-order valence-electron chi connectivity index (χ2n) is 5.05. The number of aliphatic carboxylic acids is 1. The van der Waals surface area contributed by atoms with Crippen LogP contribution in [0.25, 0.3) is 0 Å². The van der Waals surface area contributed by atoms with Crippen molar-refractivity contribution in [3.05, 3.63) is 52.1 Å². The first-order chi connectivity index (χ1) is 9.88. The minimum Gasteiger partial charge on any atom is -0.481 e. The van der Waals surface area contributed by atoms with Crippen LogP contribution in [0, 0.1) is 18.7 Å². The Morgan fingerprint density at radius 3 is 2.71 bits per heavy atom. The van der Waals surface area contributed by atoms with Crippen LogP contribution >= 0.6 is 11.6 Å². The van der Waals surface area contributed by atoms with Crippen LogP contribution in [0.5, 0.6) is 0 Å². The lowest BCUT2D eigenvalue weighted by atomic mass is 9.93. The Balaban J connectivity index is 2.22. The monoisotopic (exact) mass is 310 g/mol. The van der Waals surface area contributed by atoms with Gasteiger partial charge < -0.3 is 5.11 Å². The highest BCUT2D eigenvalue weighted by Crippen LogP contribution is 2.24. The van der Waals surface area contributed by atoms with Crippen LogP contribution in [0.1, 0.15) is 16.8 Å². The van der Waals surface area contributed by atoms with Crippen molar-refractivity contribution in [1.82, 2.24) is 9.78 Å². The van der Waals surface area contributed by atoms with Crippen molar-refractivity contribution < 1.29 is 14.3 Å². The van der Waals surface area contributed by atoms with Gasteiger partial charge in [0.25, 0.3) is 0 Å². The highest BCUT2D eigenvalue weighted by molar-refractivity contribution is 6.30. The van der Waals surface area contributed by atoms with Gasteiger partial charge in [0.1, 0.15) is 11.0 Å². The van der Waals surface area contributed by atoms with Crippen LogP contribution in [0.4, 0.5) is 4.39 Å². The van der Waals surface area contributed by atoms with E-state index in [-0.39, 0.29) is 18.7 Å². The van der Waals surface area contributed by atoms with Crippen molar-refractivity contribution in [3.63, 3.8) is 0 Å². The smallest absolute Gasteiger partial charge is 0.307 e. The third-order valence-electron chi connectivity index (χ3n) is 3.44. The van der Waals surface area contributed by atoms with E-state index in [1.165, 1.54) is 16.8 Å². The molecule has 1 aromatic heterocycles. The normalized spacial score (nSPS) is 12.4. The van der Waals surface area contributed by atoms with E-state index in [1.54, 1.807) is 26.1 Å². The fourth-order valence-corrected chi connectivity index (χ4v) is 2.60. The Bertz CT molecular complexity index is 670. The average Bonchev–Trinajstić information content (AvgIpc) is 2.64. The molecular formula is C15H16ClFN2O2. The predicted molar refractivity (Wildman–Crippen MR) is 77.9 cm³/mol. The second-order valence-corrected chi connectivity index (χ2v) is 5.41. The van der Waals surface area contributed by atoms with Gasteiger partial charge in [0.2, 0.25) is 0 Å². The second kappa shape index (κ2) is 6.26. The summed E-state index contributed by atoms with van der Waals surface area (Å²) >= 11 is 6.14. The van der Waals surface area contributed by atoms with Crippen molar-refractivity contribution in [3.8, 4) is 0 Å². The molecule has 0 radical (unpaired) electrons. The fourth-order valence-electron chi connectivity index (χ4n) is 2.35. The molecule has 1 unspecified atom stereocenters. The Labute approximate surface area is 127 Å². The molecule has 112 valence electrons. The largest absolute Gasteiger partial charge is 0.481 e. The first kappa shape index (κ1) is 15.5. The van der Waals surface area contributed by atoms with Crippen molar-refractivity contribution in [2.75, 3.05) is 0 Å². The standard InChI is InChI=1S/C15H16ClFN2O2/c1-9-13(14(16)19(2)18-9)8-11(15(20)21)6-10-4-3-5-12(17)7-10/h3-5,7,11H,6,8H2,1-2H3,(H,20,21). The van der Waals surface area contributed by atoms with Gasteiger partial charge >= 0.3 is 5.97 Å². The van der Waals surface area contributed by atoms with E-state index in [2.05, 4.69) is 5.10 Å². The summed E-state index contributed by atoms with van der Waals surface area (Å²) in [7, 11) is 1.71. The van der Waals surface area contributed by atoms with Crippen LogP contribution in [0.2, 0.25) is 5.15 Å². The molecule has 1 N–H and O–H groups in total. The lowest BCUT2D eigenvalue weighted by Gasteiger charge is -2.12. The van der Waals surface area contributed by atoms with Gasteiger partial charge in [0.15, 0.2) is 0 Å². The van der Waals surface area contributed by atoms with Gasteiger partial charge in [-0.05, 0) is 37.5 Å². The third kappa shape index (κ3) is 3.61. The van der Waals surface area contributed by atoms with Gasteiger partial charge in [-0.3, -0.25) is 9.48 Å². The first-order valence-corrected chi connectivity index (χ1v) is 6.91.